The molecule has 1 aliphatic rings. The predicted molar refractivity (Wildman–Crippen MR) is 60.1 cm³/mol. The molecule has 0 aliphatic carbocycles. The van der Waals surface area contributed by atoms with Crippen molar-refractivity contribution >= 4 is 17.7 Å². The van der Waals surface area contributed by atoms with Gasteiger partial charge in [0.25, 0.3) is 0 Å². The van der Waals surface area contributed by atoms with Crippen LogP contribution >= 0.6 is 11.8 Å². The molecule has 4 nitrogen and oxygen atoms in total. The van der Waals surface area contributed by atoms with Gasteiger partial charge in [0.15, 0.2) is 0 Å². The Bertz CT molecular complexity index is 354. The SMILES string of the molecule is O=C(OC[C@H]1OC[C@H](O)S1)c1ccccc1. The second-order valence-corrected chi connectivity index (χ2v) is 4.66. The highest BCUT2D eigenvalue weighted by Gasteiger charge is 2.25. The number of ether oxygens (including phenoxy) is 2. The Balaban J connectivity index is 1.80. The smallest absolute Gasteiger partial charge is 0.338 e. The van der Waals surface area contributed by atoms with E-state index in [1.54, 1.807) is 24.3 Å². The molecule has 0 amide bonds. The Labute approximate surface area is 97.6 Å². The van der Waals surface area contributed by atoms with Gasteiger partial charge in [-0.2, -0.15) is 0 Å². The number of benzene rings is 1. The van der Waals surface area contributed by atoms with Crippen LogP contribution in [0.4, 0.5) is 0 Å². The van der Waals surface area contributed by atoms with Gasteiger partial charge in [0.05, 0.1) is 12.2 Å². The maximum Gasteiger partial charge on any atom is 0.338 e. The van der Waals surface area contributed by atoms with Gasteiger partial charge in [-0.3, -0.25) is 0 Å². The third-order valence-electron chi connectivity index (χ3n) is 2.09. The summed E-state index contributed by atoms with van der Waals surface area (Å²) in [5.74, 6) is -0.369. The molecule has 1 aromatic rings. The standard InChI is InChI=1S/C11H12O4S/c12-9-6-14-10(16-9)7-15-11(13)8-4-2-1-3-5-8/h1-5,9-10,12H,6-7H2/t9-,10+/m1/s1. The van der Waals surface area contributed by atoms with E-state index < -0.39 is 5.44 Å². The van der Waals surface area contributed by atoms with E-state index in [2.05, 4.69) is 0 Å². The Kier molecular flexibility index (Phi) is 3.82. The first kappa shape index (κ1) is 11.4. The third-order valence-corrected chi connectivity index (χ3v) is 3.12. The zero-order chi connectivity index (χ0) is 11.4. The van der Waals surface area contributed by atoms with Crippen molar-refractivity contribution in [2.24, 2.45) is 0 Å². The molecular formula is C11H12O4S. The lowest BCUT2D eigenvalue weighted by molar-refractivity contribution is 0.0225. The summed E-state index contributed by atoms with van der Waals surface area (Å²) in [4.78, 5) is 11.5. The van der Waals surface area contributed by atoms with Crippen LogP contribution in [-0.2, 0) is 9.47 Å². The molecule has 0 bridgehead atoms. The van der Waals surface area contributed by atoms with Gasteiger partial charge >= 0.3 is 5.97 Å². The molecule has 0 spiro atoms. The molecule has 86 valence electrons. The number of aliphatic hydroxyl groups is 1. The van der Waals surface area contributed by atoms with Gasteiger partial charge in [-0.15, -0.1) is 0 Å². The van der Waals surface area contributed by atoms with Crippen molar-refractivity contribution in [3.8, 4) is 0 Å². The first-order valence-corrected chi connectivity index (χ1v) is 5.87. The number of rotatable bonds is 3. The molecule has 5 heteroatoms. The summed E-state index contributed by atoms with van der Waals surface area (Å²) in [7, 11) is 0. The summed E-state index contributed by atoms with van der Waals surface area (Å²) < 4.78 is 10.3. The number of hydrogen-bond donors (Lipinski definition) is 1. The van der Waals surface area contributed by atoms with Crippen molar-refractivity contribution in [3.63, 3.8) is 0 Å². The molecule has 1 fully saturated rings. The van der Waals surface area contributed by atoms with Crippen LogP contribution in [0.15, 0.2) is 30.3 Å². The molecule has 1 saturated heterocycles. The Hall–Kier alpha value is -1.04. The van der Waals surface area contributed by atoms with Gasteiger partial charge in [0, 0.05) is 0 Å². The minimum absolute atomic E-state index is 0.162. The molecular weight excluding hydrogens is 228 g/mol. The van der Waals surface area contributed by atoms with E-state index >= 15 is 0 Å². The summed E-state index contributed by atoms with van der Waals surface area (Å²) in [5.41, 5.74) is -0.255. The van der Waals surface area contributed by atoms with E-state index in [0.29, 0.717) is 5.56 Å². The van der Waals surface area contributed by atoms with E-state index in [-0.39, 0.29) is 24.6 Å². The highest BCUT2D eigenvalue weighted by Crippen LogP contribution is 2.25. The molecule has 0 aromatic heterocycles. The fourth-order valence-electron chi connectivity index (χ4n) is 1.33. The summed E-state index contributed by atoms with van der Waals surface area (Å²) in [6, 6.07) is 8.78. The van der Waals surface area contributed by atoms with Crippen molar-refractivity contribution in [2.75, 3.05) is 13.2 Å². The second-order valence-electron chi connectivity index (χ2n) is 3.32. The second kappa shape index (κ2) is 5.34. The molecule has 0 unspecified atom stereocenters. The number of thioether (sulfide) groups is 1. The summed E-state index contributed by atoms with van der Waals surface area (Å²) >= 11 is 1.26. The van der Waals surface area contributed by atoms with E-state index in [0.717, 1.165) is 0 Å². The number of carbonyl (C=O) groups excluding carboxylic acids is 1. The average Bonchev–Trinajstić information content (AvgIpc) is 2.73. The van der Waals surface area contributed by atoms with Gasteiger partial charge in [-0.05, 0) is 12.1 Å². The topological polar surface area (TPSA) is 55.8 Å². The van der Waals surface area contributed by atoms with Crippen LogP contribution in [0, 0.1) is 0 Å². The monoisotopic (exact) mass is 240 g/mol. The van der Waals surface area contributed by atoms with E-state index in [1.165, 1.54) is 11.8 Å². The van der Waals surface area contributed by atoms with Gasteiger partial charge in [0.1, 0.15) is 17.5 Å². The van der Waals surface area contributed by atoms with Gasteiger partial charge in [-0.1, -0.05) is 30.0 Å². The van der Waals surface area contributed by atoms with Crippen molar-refractivity contribution in [1.29, 1.82) is 0 Å². The molecule has 2 rings (SSSR count). The lowest BCUT2D eigenvalue weighted by Crippen LogP contribution is -2.15. The average molecular weight is 240 g/mol. The first-order valence-electron chi connectivity index (χ1n) is 4.93. The molecule has 1 aromatic carbocycles. The number of hydrogen-bond acceptors (Lipinski definition) is 5. The highest BCUT2D eigenvalue weighted by atomic mass is 32.2. The van der Waals surface area contributed by atoms with Crippen molar-refractivity contribution in [1.82, 2.24) is 0 Å². The zero-order valence-electron chi connectivity index (χ0n) is 8.54. The van der Waals surface area contributed by atoms with Gasteiger partial charge in [-0.25, -0.2) is 4.79 Å². The van der Waals surface area contributed by atoms with E-state index in [4.69, 9.17) is 9.47 Å². The van der Waals surface area contributed by atoms with Gasteiger partial charge < -0.3 is 14.6 Å². The highest BCUT2D eigenvalue weighted by molar-refractivity contribution is 8.00. The maximum atomic E-state index is 11.5. The van der Waals surface area contributed by atoms with Crippen LogP contribution in [-0.4, -0.2) is 35.2 Å². The zero-order valence-corrected chi connectivity index (χ0v) is 9.35. The van der Waals surface area contributed by atoms with Crippen molar-refractivity contribution in [2.45, 2.75) is 10.9 Å². The molecule has 2 atom stereocenters. The van der Waals surface area contributed by atoms with Crippen LogP contribution in [0.1, 0.15) is 10.4 Å². The summed E-state index contributed by atoms with van der Waals surface area (Å²) in [6.45, 7) is 0.452. The Morgan fingerprint density at radius 3 is 2.88 bits per heavy atom. The molecule has 1 N–H and O–H groups in total. The van der Waals surface area contributed by atoms with Crippen LogP contribution < -0.4 is 0 Å². The third kappa shape index (κ3) is 2.98. The van der Waals surface area contributed by atoms with Crippen LogP contribution in [0.3, 0.4) is 0 Å². The quantitative estimate of drug-likeness (QED) is 0.806. The molecule has 1 heterocycles. The lowest BCUT2D eigenvalue weighted by atomic mass is 10.2. The van der Waals surface area contributed by atoms with E-state index in [1.807, 2.05) is 6.07 Å². The lowest BCUT2D eigenvalue weighted by Gasteiger charge is -2.09. The largest absolute Gasteiger partial charge is 0.458 e. The number of carbonyl (C=O) groups is 1. The predicted octanol–water partition coefficient (Wildman–Crippen LogP) is 1.25. The number of aliphatic hydroxyl groups excluding tert-OH is 1. The fraction of sp³-hybridized carbons (Fsp3) is 0.364. The van der Waals surface area contributed by atoms with E-state index in [9.17, 15) is 9.90 Å². The molecule has 1 aliphatic heterocycles. The Morgan fingerprint density at radius 2 is 2.25 bits per heavy atom. The molecule has 0 radical (unpaired) electrons. The summed E-state index contributed by atoms with van der Waals surface area (Å²) in [6.07, 6.45) is 0. The van der Waals surface area contributed by atoms with Crippen molar-refractivity contribution < 1.29 is 19.4 Å². The first-order chi connectivity index (χ1) is 7.75. The Morgan fingerprint density at radius 1 is 1.50 bits per heavy atom. The van der Waals surface area contributed by atoms with Crippen LogP contribution in [0.2, 0.25) is 0 Å². The minimum atomic E-state index is -0.513. The normalized spacial score (nSPS) is 24.3. The van der Waals surface area contributed by atoms with Crippen molar-refractivity contribution in [3.05, 3.63) is 35.9 Å². The van der Waals surface area contributed by atoms with Gasteiger partial charge in [0.2, 0.25) is 0 Å². The van der Waals surface area contributed by atoms with Crippen LogP contribution in [0.25, 0.3) is 0 Å². The molecule has 0 saturated carbocycles. The number of esters is 1. The molecule has 16 heavy (non-hydrogen) atoms. The minimum Gasteiger partial charge on any atom is -0.458 e. The summed E-state index contributed by atoms with van der Waals surface area (Å²) in [5, 5.41) is 9.18. The van der Waals surface area contributed by atoms with Crippen LogP contribution in [0.5, 0.6) is 0 Å². The fourth-order valence-corrected chi connectivity index (χ4v) is 2.14. The maximum absolute atomic E-state index is 11.5.